The second-order valence-electron chi connectivity index (χ2n) is 4.50. The van der Waals surface area contributed by atoms with E-state index in [1.165, 1.54) is 12.8 Å². The van der Waals surface area contributed by atoms with E-state index >= 15 is 0 Å². The predicted octanol–water partition coefficient (Wildman–Crippen LogP) is 0.864. The lowest BCUT2D eigenvalue weighted by Crippen LogP contribution is -2.28. The molecule has 0 spiro atoms. The van der Waals surface area contributed by atoms with Gasteiger partial charge in [-0.2, -0.15) is 0 Å². The Morgan fingerprint density at radius 3 is 3.00 bits per heavy atom. The van der Waals surface area contributed by atoms with Crippen molar-refractivity contribution < 1.29 is 4.74 Å². The fourth-order valence-corrected chi connectivity index (χ4v) is 1.65. The molecular formula is C13H20N2O2. The van der Waals surface area contributed by atoms with Gasteiger partial charge in [-0.3, -0.25) is 4.79 Å². The van der Waals surface area contributed by atoms with Crippen LogP contribution >= 0.6 is 0 Å². The highest BCUT2D eigenvalue weighted by atomic mass is 16.5. The molecule has 1 saturated carbocycles. The van der Waals surface area contributed by atoms with Crippen LogP contribution in [-0.4, -0.2) is 30.9 Å². The Balaban J connectivity index is 1.50. The predicted molar refractivity (Wildman–Crippen MR) is 67.1 cm³/mol. The van der Waals surface area contributed by atoms with Crippen molar-refractivity contribution in [3.8, 4) is 0 Å². The van der Waals surface area contributed by atoms with Crippen molar-refractivity contribution in [1.82, 2.24) is 9.88 Å². The molecule has 0 aliphatic heterocycles. The quantitative estimate of drug-likeness (QED) is 0.681. The number of aromatic nitrogens is 1. The monoisotopic (exact) mass is 236 g/mol. The summed E-state index contributed by atoms with van der Waals surface area (Å²) >= 11 is 0. The van der Waals surface area contributed by atoms with Crippen molar-refractivity contribution in [1.29, 1.82) is 0 Å². The van der Waals surface area contributed by atoms with Crippen LogP contribution in [0.1, 0.15) is 12.8 Å². The maximum absolute atomic E-state index is 11.4. The molecule has 0 amide bonds. The van der Waals surface area contributed by atoms with E-state index in [2.05, 4.69) is 5.32 Å². The van der Waals surface area contributed by atoms with Gasteiger partial charge in [0.05, 0.1) is 6.61 Å². The molecule has 0 unspecified atom stereocenters. The number of pyridine rings is 1. The summed E-state index contributed by atoms with van der Waals surface area (Å²) < 4.78 is 7.21. The van der Waals surface area contributed by atoms with E-state index in [1.54, 1.807) is 16.7 Å². The highest BCUT2D eigenvalue weighted by molar-refractivity contribution is 4.93. The summed E-state index contributed by atoms with van der Waals surface area (Å²) in [5.74, 6) is 0.831. The smallest absolute Gasteiger partial charge is 0.250 e. The minimum atomic E-state index is 0.0549. The Morgan fingerprint density at radius 2 is 2.24 bits per heavy atom. The third-order valence-corrected chi connectivity index (χ3v) is 2.90. The third kappa shape index (κ3) is 4.71. The molecule has 17 heavy (non-hydrogen) atoms. The van der Waals surface area contributed by atoms with E-state index in [1.807, 2.05) is 12.3 Å². The average Bonchev–Trinajstić information content (AvgIpc) is 3.14. The number of hydrogen-bond acceptors (Lipinski definition) is 3. The SMILES string of the molecule is O=c1ccccn1CCNCCOCC1CC1. The van der Waals surface area contributed by atoms with Gasteiger partial charge in [-0.25, -0.2) is 0 Å². The van der Waals surface area contributed by atoms with Gasteiger partial charge in [-0.1, -0.05) is 6.07 Å². The maximum atomic E-state index is 11.4. The summed E-state index contributed by atoms with van der Waals surface area (Å²) in [5, 5.41) is 3.27. The minimum Gasteiger partial charge on any atom is -0.380 e. The fraction of sp³-hybridized carbons (Fsp3) is 0.615. The molecule has 0 bridgehead atoms. The average molecular weight is 236 g/mol. The van der Waals surface area contributed by atoms with Crippen molar-refractivity contribution in [3.63, 3.8) is 0 Å². The first-order valence-corrected chi connectivity index (χ1v) is 6.30. The van der Waals surface area contributed by atoms with Crippen molar-refractivity contribution in [2.75, 3.05) is 26.3 Å². The molecule has 1 fully saturated rings. The molecule has 2 rings (SSSR count). The van der Waals surface area contributed by atoms with Crippen LogP contribution in [0, 0.1) is 5.92 Å². The zero-order chi connectivity index (χ0) is 11.9. The number of nitrogens with one attached hydrogen (secondary N) is 1. The summed E-state index contributed by atoms with van der Waals surface area (Å²) in [6.07, 6.45) is 4.49. The Hall–Kier alpha value is -1.13. The van der Waals surface area contributed by atoms with Crippen LogP contribution in [0.3, 0.4) is 0 Å². The summed E-state index contributed by atoms with van der Waals surface area (Å²) in [6.45, 7) is 4.05. The highest BCUT2D eigenvalue weighted by Crippen LogP contribution is 2.28. The van der Waals surface area contributed by atoms with E-state index in [0.717, 1.165) is 32.2 Å². The van der Waals surface area contributed by atoms with Crippen LogP contribution in [-0.2, 0) is 11.3 Å². The lowest BCUT2D eigenvalue weighted by molar-refractivity contribution is 0.126. The molecule has 0 radical (unpaired) electrons. The minimum absolute atomic E-state index is 0.0549. The highest BCUT2D eigenvalue weighted by Gasteiger charge is 2.20. The topological polar surface area (TPSA) is 43.3 Å². The number of rotatable bonds is 8. The molecule has 0 saturated heterocycles. The molecule has 1 aliphatic rings. The first kappa shape index (κ1) is 12.3. The van der Waals surface area contributed by atoms with Gasteiger partial charge in [0.25, 0.3) is 5.56 Å². The second-order valence-corrected chi connectivity index (χ2v) is 4.50. The van der Waals surface area contributed by atoms with Crippen LogP contribution in [0.4, 0.5) is 0 Å². The van der Waals surface area contributed by atoms with Crippen molar-refractivity contribution in [3.05, 3.63) is 34.7 Å². The molecule has 0 atom stereocenters. The van der Waals surface area contributed by atoms with Gasteiger partial charge in [0.15, 0.2) is 0 Å². The van der Waals surface area contributed by atoms with E-state index in [-0.39, 0.29) is 5.56 Å². The molecule has 1 N–H and O–H groups in total. The van der Waals surface area contributed by atoms with Crippen LogP contribution in [0.25, 0.3) is 0 Å². The summed E-state index contributed by atoms with van der Waals surface area (Å²) in [4.78, 5) is 11.4. The molecule has 1 aromatic heterocycles. The van der Waals surface area contributed by atoms with Crippen LogP contribution in [0.5, 0.6) is 0 Å². The molecule has 94 valence electrons. The zero-order valence-corrected chi connectivity index (χ0v) is 10.1. The van der Waals surface area contributed by atoms with Crippen LogP contribution in [0.2, 0.25) is 0 Å². The van der Waals surface area contributed by atoms with Crippen molar-refractivity contribution >= 4 is 0 Å². The van der Waals surface area contributed by atoms with Gasteiger partial charge >= 0.3 is 0 Å². The van der Waals surface area contributed by atoms with Crippen molar-refractivity contribution in [2.24, 2.45) is 5.92 Å². The Morgan fingerprint density at radius 1 is 1.35 bits per heavy atom. The summed E-state index contributed by atoms with van der Waals surface area (Å²) in [7, 11) is 0. The molecule has 4 nitrogen and oxygen atoms in total. The molecule has 1 aliphatic carbocycles. The van der Waals surface area contributed by atoms with Gasteiger partial charge in [0.1, 0.15) is 0 Å². The van der Waals surface area contributed by atoms with Crippen molar-refractivity contribution in [2.45, 2.75) is 19.4 Å². The normalized spacial score (nSPS) is 15.1. The Bertz CT molecular complexity index is 385. The second kappa shape index (κ2) is 6.57. The lowest BCUT2D eigenvalue weighted by atomic mass is 10.4. The van der Waals surface area contributed by atoms with Crippen LogP contribution < -0.4 is 10.9 Å². The first-order chi connectivity index (χ1) is 8.36. The molecule has 1 aromatic rings. The number of hydrogen-bond donors (Lipinski definition) is 1. The van der Waals surface area contributed by atoms with E-state index in [9.17, 15) is 4.79 Å². The van der Waals surface area contributed by atoms with Crippen LogP contribution in [0.15, 0.2) is 29.2 Å². The standard InChI is InChI=1S/C13H20N2O2/c16-13-3-1-2-8-15(13)9-6-14-7-10-17-11-12-4-5-12/h1-3,8,12,14H,4-7,9-11H2. The fourth-order valence-electron chi connectivity index (χ4n) is 1.65. The molecule has 4 heteroatoms. The molecule has 0 aromatic carbocycles. The van der Waals surface area contributed by atoms with E-state index in [4.69, 9.17) is 4.74 Å². The Kier molecular flexibility index (Phi) is 4.76. The maximum Gasteiger partial charge on any atom is 0.250 e. The van der Waals surface area contributed by atoms with Gasteiger partial charge < -0.3 is 14.6 Å². The summed E-state index contributed by atoms with van der Waals surface area (Å²) in [5.41, 5.74) is 0.0549. The van der Waals surface area contributed by atoms with Gasteiger partial charge in [-0.15, -0.1) is 0 Å². The van der Waals surface area contributed by atoms with Gasteiger partial charge in [-0.05, 0) is 24.8 Å². The number of nitrogens with zero attached hydrogens (tertiary/aromatic N) is 1. The van der Waals surface area contributed by atoms with Gasteiger partial charge in [0, 0.05) is 38.5 Å². The molecule has 1 heterocycles. The number of ether oxygens (including phenoxy) is 1. The Labute approximate surface area is 102 Å². The van der Waals surface area contributed by atoms with Gasteiger partial charge in [0.2, 0.25) is 0 Å². The van der Waals surface area contributed by atoms with E-state index in [0.29, 0.717) is 6.54 Å². The molecular weight excluding hydrogens is 216 g/mol. The summed E-state index contributed by atoms with van der Waals surface area (Å²) in [6, 6.07) is 5.22. The largest absolute Gasteiger partial charge is 0.380 e. The lowest BCUT2D eigenvalue weighted by Gasteiger charge is -2.07. The zero-order valence-electron chi connectivity index (χ0n) is 10.1. The first-order valence-electron chi connectivity index (χ1n) is 6.30. The van der Waals surface area contributed by atoms with E-state index < -0.39 is 0 Å². The third-order valence-electron chi connectivity index (χ3n) is 2.90.